The van der Waals surface area contributed by atoms with Gasteiger partial charge in [-0.05, 0) is 54.3 Å². The average molecular weight is 370 g/mol. The summed E-state index contributed by atoms with van der Waals surface area (Å²) in [6, 6.07) is 25.3. The lowest BCUT2D eigenvalue weighted by atomic mass is 10.0. The Bertz CT molecular complexity index is 981. The van der Waals surface area contributed by atoms with Crippen LogP contribution in [0.3, 0.4) is 0 Å². The number of benzene rings is 3. The molecule has 0 bridgehead atoms. The normalized spacial score (nSPS) is 13.6. The molecule has 1 heterocycles. The lowest BCUT2D eigenvalue weighted by Gasteiger charge is -2.16. The molecule has 0 aliphatic carbocycles. The third kappa shape index (κ3) is 3.96. The number of anilines is 2. The number of nitrogens with zero attached hydrogens (tertiary/aromatic N) is 1. The number of nitrogens with one attached hydrogen (secondary N) is 1. The van der Waals surface area contributed by atoms with E-state index in [1.807, 2.05) is 54.6 Å². The topological polar surface area (TPSA) is 49.4 Å². The van der Waals surface area contributed by atoms with Crippen LogP contribution in [0.5, 0.6) is 0 Å². The highest BCUT2D eigenvalue weighted by Gasteiger charge is 2.21. The van der Waals surface area contributed by atoms with Gasteiger partial charge in [0, 0.05) is 29.9 Å². The molecule has 0 spiro atoms. The summed E-state index contributed by atoms with van der Waals surface area (Å²) in [5.74, 6) is -0.00755. The highest BCUT2D eigenvalue weighted by atomic mass is 16.2. The van der Waals surface area contributed by atoms with Crippen LogP contribution in [0.4, 0.5) is 11.4 Å². The Labute approximate surface area is 164 Å². The Morgan fingerprint density at radius 3 is 2.32 bits per heavy atom. The molecule has 1 fully saturated rings. The van der Waals surface area contributed by atoms with Gasteiger partial charge in [-0.3, -0.25) is 9.59 Å². The number of carbonyl (C=O) groups excluding carboxylic acids is 2. The van der Waals surface area contributed by atoms with Gasteiger partial charge in [0.1, 0.15) is 0 Å². The van der Waals surface area contributed by atoms with Crippen LogP contribution in [-0.2, 0) is 11.2 Å². The zero-order valence-electron chi connectivity index (χ0n) is 15.6. The van der Waals surface area contributed by atoms with Crippen LogP contribution in [0.2, 0.25) is 0 Å². The molecule has 1 N–H and O–H groups in total. The summed E-state index contributed by atoms with van der Waals surface area (Å²) in [4.78, 5) is 26.4. The lowest BCUT2D eigenvalue weighted by molar-refractivity contribution is -0.117. The SMILES string of the molecule is O=C(Nc1ccccc1Cc1ccccc1)c1ccc(N2CCCC2=O)cc1. The van der Waals surface area contributed by atoms with Crippen molar-refractivity contribution in [2.24, 2.45) is 0 Å². The van der Waals surface area contributed by atoms with Crippen molar-refractivity contribution in [3.63, 3.8) is 0 Å². The van der Waals surface area contributed by atoms with Crippen LogP contribution in [0.25, 0.3) is 0 Å². The molecule has 0 atom stereocenters. The molecule has 3 aromatic rings. The maximum absolute atomic E-state index is 12.7. The number of rotatable bonds is 5. The predicted octanol–water partition coefficient (Wildman–Crippen LogP) is 4.66. The van der Waals surface area contributed by atoms with E-state index in [1.54, 1.807) is 17.0 Å². The van der Waals surface area contributed by atoms with Crippen molar-refractivity contribution in [1.82, 2.24) is 0 Å². The van der Waals surface area contributed by atoms with Crippen LogP contribution < -0.4 is 10.2 Å². The Balaban J connectivity index is 1.49. The molecule has 1 aliphatic heterocycles. The van der Waals surface area contributed by atoms with Crippen molar-refractivity contribution in [3.05, 3.63) is 95.6 Å². The molecule has 0 radical (unpaired) electrons. The first-order valence-electron chi connectivity index (χ1n) is 9.54. The molecule has 0 aromatic heterocycles. The highest BCUT2D eigenvalue weighted by molar-refractivity contribution is 6.05. The van der Waals surface area contributed by atoms with Gasteiger partial charge in [0.05, 0.1) is 0 Å². The van der Waals surface area contributed by atoms with Crippen LogP contribution >= 0.6 is 0 Å². The molecular formula is C24H22N2O2. The van der Waals surface area contributed by atoms with Gasteiger partial charge in [-0.1, -0.05) is 48.5 Å². The van der Waals surface area contributed by atoms with Crippen LogP contribution in [-0.4, -0.2) is 18.4 Å². The van der Waals surface area contributed by atoms with Gasteiger partial charge in [-0.2, -0.15) is 0 Å². The van der Waals surface area contributed by atoms with Gasteiger partial charge in [0.2, 0.25) is 5.91 Å². The van der Waals surface area contributed by atoms with E-state index in [-0.39, 0.29) is 11.8 Å². The van der Waals surface area contributed by atoms with Crippen LogP contribution in [0.1, 0.15) is 34.3 Å². The zero-order valence-corrected chi connectivity index (χ0v) is 15.6. The number of para-hydroxylation sites is 1. The lowest BCUT2D eigenvalue weighted by Crippen LogP contribution is -2.23. The first-order valence-corrected chi connectivity index (χ1v) is 9.54. The fourth-order valence-electron chi connectivity index (χ4n) is 3.52. The third-order valence-corrected chi connectivity index (χ3v) is 5.02. The van der Waals surface area contributed by atoms with E-state index in [0.29, 0.717) is 12.0 Å². The Hall–Kier alpha value is -3.40. The molecule has 0 unspecified atom stereocenters. The smallest absolute Gasteiger partial charge is 0.255 e. The minimum Gasteiger partial charge on any atom is -0.322 e. The second-order valence-corrected chi connectivity index (χ2v) is 6.97. The zero-order chi connectivity index (χ0) is 19.3. The molecule has 4 rings (SSSR count). The van der Waals surface area contributed by atoms with E-state index in [0.717, 1.165) is 36.3 Å². The monoisotopic (exact) mass is 370 g/mol. The van der Waals surface area contributed by atoms with Crippen molar-refractivity contribution >= 4 is 23.2 Å². The quantitative estimate of drug-likeness (QED) is 0.710. The fraction of sp³-hybridized carbons (Fsp3) is 0.167. The maximum atomic E-state index is 12.7. The van der Waals surface area contributed by atoms with Crippen molar-refractivity contribution in [2.45, 2.75) is 19.3 Å². The van der Waals surface area contributed by atoms with Gasteiger partial charge >= 0.3 is 0 Å². The number of carbonyl (C=O) groups is 2. The summed E-state index contributed by atoms with van der Waals surface area (Å²) in [5.41, 5.74) is 4.51. The van der Waals surface area contributed by atoms with Crippen LogP contribution in [0.15, 0.2) is 78.9 Å². The summed E-state index contributed by atoms with van der Waals surface area (Å²) < 4.78 is 0. The summed E-state index contributed by atoms with van der Waals surface area (Å²) in [6.45, 7) is 0.747. The van der Waals surface area contributed by atoms with E-state index in [9.17, 15) is 9.59 Å². The number of hydrogen-bond donors (Lipinski definition) is 1. The summed E-state index contributed by atoms with van der Waals surface area (Å²) in [6.07, 6.45) is 2.24. The van der Waals surface area contributed by atoms with Gasteiger partial charge in [0.25, 0.3) is 5.91 Å². The van der Waals surface area contributed by atoms with Gasteiger partial charge < -0.3 is 10.2 Å². The predicted molar refractivity (Wildman–Crippen MR) is 112 cm³/mol. The molecule has 28 heavy (non-hydrogen) atoms. The van der Waals surface area contributed by atoms with E-state index < -0.39 is 0 Å². The Kier molecular flexibility index (Phi) is 5.20. The third-order valence-electron chi connectivity index (χ3n) is 5.02. The number of amides is 2. The van der Waals surface area contributed by atoms with Crippen molar-refractivity contribution in [1.29, 1.82) is 0 Å². The molecule has 1 aliphatic rings. The van der Waals surface area contributed by atoms with E-state index in [2.05, 4.69) is 17.4 Å². The Morgan fingerprint density at radius 2 is 1.61 bits per heavy atom. The summed E-state index contributed by atoms with van der Waals surface area (Å²) >= 11 is 0. The molecule has 4 nitrogen and oxygen atoms in total. The first kappa shape index (κ1) is 18.0. The van der Waals surface area contributed by atoms with Crippen molar-refractivity contribution in [2.75, 3.05) is 16.8 Å². The molecule has 1 saturated heterocycles. The fourth-order valence-corrected chi connectivity index (χ4v) is 3.52. The summed E-state index contributed by atoms with van der Waals surface area (Å²) in [7, 11) is 0. The Morgan fingerprint density at radius 1 is 0.893 bits per heavy atom. The van der Waals surface area contributed by atoms with Gasteiger partial charge in [-0.15, -0.1) is 0 Å². The minimum atomic E-state index is -0.153. The van der Waals surface area contributed by atoms with Gasteiger partial charge in [0.15, 0.2) is 0 Å². The van der Waals surface area contributed by atoms with E-state index in [1.165, 1.54) is 5.56 Å². The second kappa shape index (κ2) is 8.09. The maximum Gasteiger partial charge on any atom is 0.255 e. The number of hydrogen-bond acceptors (Lipinski definition) is 2. The molecule has 4 heteroatoms. The minimum absolute atomic E-state index is 0.145. The molecule has 140 valence electrons. The van der Waals surface area contributed by atoms with E-state index >= 15 is 0 Å². The standard InChI is InChI=1S/C24H22N2O2/c27-23-11-6-16-26(23)21-14-12-19(13-15-21)24(28)25-22-10-5-4-9-20(22)17-18-7-2-1-3-8-18/h1-5,7-10,12-15H,6,11,16-17H2,(H,25,28). The molecule has 3 aromatic carbocycles. The molecule has 2 amide bonds. The van der Waals surface area contributed by atoms with Crippen molar-refractivity contribution < 1.29 is 9.59 Å². The van der Waals surface area contributed by atoms with Gasteiger partial charge in [-0.25, -0.2) is 0 Å². The second-order valence-electron chi connectivity index (χ2n) is 6.97. The molecular weight excluding hydrogens is 348 g/mol. The average Bonchev–Trinajstić information content (AvgIpc) is 3.16. The van der Waals surface area contributed by atoms with Crippen LogP contribution in [0, 0.1) is 0 Å². The van der Waals surface area contributed by atoms with Crippen molar-refractivity contribution in [3.8, 4) is 0 Å². The molecule has 0 saturated carbocycles. The largest absolute Gasteiger partial charge is 0.322 e. The van der Waals surface area contributed by atoms with E-state index in [4.69, 9.17) is 0 Å². The first-order chi connectivity index (χ1) is 13.7. The summed E-state index contributed by atoms with van der Waals surface area (Å²) in [5, 5.41) is 3.03. The highest BCUT2D eigenvalue weighted by Crippen LogP contribution is 2.23.